The van der Waals surface area contributed by atoms with Crippen LogP contribution < -0.4 is 0 Å². The SMILES string of the molecule is C.C.C.C.C.C.CCC.CCCCC.CCCCC.CCCOC. The van der Waals surface area contributed by atoms with Gasteiger partial charge in [0, 0.05) is 13.7 Å². The Morgan fingerprint density at radius 2 is 0.667 bits per heavy atom. The third-order valence-corrected chi connectivity index (χ3v) is 1.82. The zero-order valence-electron chi connectivity index (χ0n) is 14.8. The summed E-state index contributed by atoms with van der Waals surface area (Å²) in [5.41, 5.74) is 0. The maximum absolute atomic E-state index is 4.69. The second-order valence-electron chi connectivity index (χ2n) is 4.41. The molecule has 1 heteroatoms. The van der Waals surface area contributed by atoms with Crippen LogP contribution in [0.3, 0.4) is 0 Å². The molecule has 0 unspecified atom stereocenters. The molecule has 0 fully saturated rings. The Balaban J connectivity index is -0.0000000127. The summed E-state index contributed by atoms with van der Waals surface area (Å²) < 4.78 is 4.69. The average molecular weight is 359 g/mol. The molecule has 0 aliphatic carbocycles. The monoisotopic (exact) mass is 359 g/mol. The Hall–Kier alpha value is -0.0400. The summed E-state index contributed by atoms with van der Waals surface area (Å²) in [5, 5.41) is 0. The van der Waals surface area contributed by atoms with Crippen molar-refractivity contribution in [3.8, 4) is 0 Å². The van der Waals surface area contributed by atoms with Gasteiger partial charge < -0.3 is 4.74 Å². The zero-order valence-corrected chi connectivity index (χ0v) is 14.8. The molecular weight excluding hydrogens is 292 g/mol. The van der Waals surface area contributed by atoms with Gasteiger partial charge in [-0.3, -0.25) is 0 Å². The summed E-state index contributed by atoms with van der Waals surface area (Å²) in [7, 11) is 1.71. The van der Waals surface area contributed by atoms with E-state index in [1.807, 2.05) is 0 Å². The molecular formula is C23H66O. The molecule has 0 radical (unpaired) electrons. The van der Waals surface area contributed by atoms with Gasteiger partial charge in [-0.2, -0.15) is 0 Å². The van der Waals surface area contributed by atoms with Gasteiger partial charge in [0.05, 0.1) is 0 Å². The third kappa shape index (κ3) is 272. The molecule has 0 amide bonds. The van der Waals surface area contributed by atoms with E-state index in [0.29, 0.717) is 0 Å². The predicted molar refractivity (Wildman–Crippen MR) is 129 cm³/mol. The molecule has 0 saturated heterocycles. The highest BCUT2D eigenvalue weighted by Crippen LogP contribution is 1.88. The number of methoxy groups -OCH3 is 1. The van der Waals surface area contributed by atoms with Crippen molar-refractivity contribution in [1.29, 1.82) is 0 Å². The highest BCUT2D eigenvalue weighted by atomic mass is 16.5. The van der Waals surface area contributed by atoms with Crippen molar-refractivity contribution in [2.45, 2.75) is 144 Å². The Kier molecular flexibility index (Phi) is 301. The molecule has 0 N–H and O–H groups in total. The van der Waals surface area contributed by atoms with Gasteiger partial charge in [0.1, 0.15) is 0 Å². The molecule has 1 nitrogen and oxygen atoms in total. The van der Waals surface area contributed by atoms with Crippen molar-refractivity contribution in [3.63, 3.8) is 0 Å². The fraction of sp³-hybridized carbons (Fsp3) is 1.00. The minimum atomic E-state index is 0. The van der Waals surface area contributed by atoms with Crippen LogP contribution in [-0.2, 0) is 4.74 Å². The number of unbranched alkanes of at least 4 members (excludes halogenated alkanes) is 4. The first-order valence-electron chi connectivity index (χ1n) is 8.15. The standard InChI is InChI=1S/2C5H12.C4H10O.C3H8.6CH4/c2*1-3-5-4-2;1-3-4-5-2;1-3-2;;;;;;/h2*3-5H2,1-2H3;3-4H2,1-2H3;3H2,1-2H3;6*1H4. The number of hydrogen-bond acceptors (Lipinski definition) is 1. The summed E-state index contributed by atoms with van der Waals surface area (Å²) >= 11 is 0. The lowest BCUT2D eigenvalue weighted by Crippen LogP contribution is -1.80. The van der Waals surface area contributed by atoms with Crippen LogP contribution in [0.4, 0.5) is 0 Å². The van der Waals surface area contributed by atoms with E-state index in [0.717, 1.165) is 13.0 Å². The van der Waals surface area contributed by atoms with Gasteiger partial charge in [0.2, 0.25) is 0 Å². The van der Waals surface area contributed by atoms with Gasteiger partial charge in [-0.1, -0.05) is 138 Å². The summed E-state index contributed by atoms with van der Waals surface area (Å²) in [6, 6.07) is 0. The van der Waals surface area contributed by atoms with E-state index >= 15 is 0 Å². The van der Waals surface area contributed by atoms with Crippen LogP contribution in [0.2, 0.25) is 0 Å². The quantitative estimate of drug-likeness (QED) is 0.458. The lowest BCUT2D eigenvalue weighted by atomic mass is 10.3. The molecule has 164 valence electrons. The first kappa shape index (κ1) is 64.8. The van der Waals surface area contributed by atoms with E-state index in [9.17, 15) is 0 Å². The molecule has 0 atom stereocenters. The van der Waals surface area contributed by atoms with E-state index < -0.39 is 0 Å². The zero-order chi connectivity index (χ0) is 15.1. The Bertz CT molecular complexity index is 52.2. The maximum atomic E-state index is 4.69. The minimum absolute atomic E-state index is 0. The topological polar surface area (TPSA) is 9.23 Å². The molecule has 0 saturated carbocycles. The van der Waals surface area contributed by atoms with Crippen LogP contribution in [0.5, 0.6) is 0 Å². The fourth-order valence-corrected chi connectivity index (χ4v) is 0.911. The largest absolute Gasteiger partial charge is 0.385 e. The first-order valence-corrected chi connectivity index (χ1v) is 8.15. The fourth-order valence-electron chi connectivity index (χ4n) is 0.911. The van der Waals surface area contributed by atoms with Crippen molar-refractivity contribution >= 4 is 0 Å². The van der Waals surface area contributed by atoms with Crippen LogP contribution in [0.1, 0.15) is 144 Å². The van der Waals surface area contributed by atoms with Crippen molar-refractivity contribution in [2.75, 3.05) is 13.7 Å². The highest BCUT2D eigenvalue weighted by Gasteiger charge is 1.68. The van der Waals surface area contributed by atoms with Crippen LogP contribution in [-0.4, -0.2) is 13.7 Å². The summed E-state index contributed by atoms with van der Waals surface area (Å²) in [5.74, 6) is 0. The third-order valence-electron chi connectivity index (χ3n) is 1.82. The lowest BCUT2D eigenvalue weighted by Gasteiger charge is -1.84. The minimum Gasteiger partial charge on any atom is -0.385 e. The molecule has 0 aromatic heterocycles. The second-order valence-corrected chi connectivity index (χ2v) is 4.41. The normalized spacial score (nSPS) is 6.00. The van der Waals surface area contributed by atoms with E-state index in [1.54, 1.807) is 7.11 Å². The molecule has 0 bridgehead atoms. The van der Waals surface area contributed by atoms with Crippen molar-refractivity contribution in [2.24, 2.45) is 0 Å². The molecule has 0 aliphatic rings. The Morgan fingerprint density at radius 3 is 0.667 bits per heavy atom. The Labute approximate surface area is 163 Å². The first-order chi connectivity index (χ1) is 8.66. The highest BCUT2D eigenvalue weighted by molar-refractivity contribution is 4.24. The molecule has 0 spiro atoms. The number of rotatable bonds is 6. The second kappa shape index (κ2) is 112. The molecule has 24 heavy (non-hydrogen) atoms. The van der Waals surface area contributed by atoms with Crippen LogP contribution >= 0.6 is 0 Å². The molecule has 0 heterocycles. The number of ether oxygens (including phenoxy) is 1. The van der Waals surface area contributed by atoms with Gasteiger partial charge in [-0.15, -0.1) is 0 Å². The number of hydrogen-bond donors (Lipinski definition) is 0. The molecule has 0 rings (SSSR count). The van der Waals surface area contributed by atoms with Gasteiger partial charge in [0.15, 0.2) is 0 Å². The summed E-state index contributed by atoms with van der Waals surface area (Å²) in [6.07, 6.45) is 10.5. The molecule has 0 aliphatic heterocycles. The van der Waals surface area contributed by atoms with Crippen LogP contribution in [0, 0.1) is 0 Å². The van der Waals surface area contributed by atoms with Gasteiger partial charge >= 0.3 is 0 Å². The smallest absolute Gasteiger partial charge is 0.0459 e. The lowest BCUT2D eigenvalue weighted by molar-refractivity contribution is 0.199. The maximum Gasteiger partial charge on any atom is 0.0459 e. The van der Waals surface area contributed by atoms with Crippen molar-refractivity contribution in [3.05, 3.63) is 0 Å². The Morgan fingerprint density at radius 1 is 0.458 bits per heavy atom. The van der Waals surface area contributed by atoms with E-state index in [4.69, 9.17) is 4.74 Å². The van der Waals surface area contributed by atoms with Gasteiger partial charge in [0.25, 0.3) is 0 Å². The van der Waals surface area contributed by atoms with E-state index in [2.05, 4.69) is 48.5 Å². The average Bonchev–Trinajstić information content (AvgIpc) is 2.35. The predicted octanol–water partition coefficient (Wildman–Crippen LogP) is 10.7. The van der Waals surface area contributed by atoms with E-state index in [1.165, 1.54) is 44.9 Å². The van der Waals surface area contributed by atoms with Crippen LogP contribution in [0.15, 0.2) is 0 Å². The summed E-state index contributed by atoms with van der Waals surface area (Å²) in [4.78, 5) is 0. The van der Waals surface area contributed by atoms with Gasteiger partial charge in [-0.05, 0) is 6.42 Å². The van der Waals surface area contributed by atoms with E-state index in [-0.39, 0.29) is 44.6 Å². The van der Waals surface area contributed by atoms with Crippen molar-refractivity contribution < 1.29 is 4.74 Å². The van der Waals surface area contributed by atoms with Gasteiger partial charge in [-0.25, -0.2) is 0 Å². The summed E-state index contributed by atoms with van der Waals surface area (Å²) in [6.45, 7) is 16.1. The molecule has 0 aromatic carbocycles. The van der Waals surface area contributed by atoms with Crippen molar-refractivity contribution in [1.82, 2.24) is 0 Å². The van der Waals surface area contributed by atoms with Crippen LogP contribution in [0.25, 0.3) is 0 Å². The molecule has 0 aromatic rings.